The van der Waals surface area contributed by atoms with Crippen LogP contribution in [0.25, 0.3) is 0 Å². The fourth-order valence-electron chi connectivity index (χ4n) is 1.21. The van der Waals surface area contributed by atoms with Crippen LogP contribution in [0.2, 0.25) is 0 Å². The summed E-state index contributed by atoms with van der Waals surface area (Å²) in [6.45, 7) is 0. The summed E-state index contributed by atoms with van der Waals surface area (Å²) in [5.41, 5.74) is 4.88. The van der Waals surface area contributed by atoms with Crippen molar-refractivity contribution in [3.63, 3.8) is 0 Å². The van der Waals surface area contributed by atoms with Crippen molar-refractivity contribution in [2.75, 3.05) is 16.8 Å². The molecule has 0 aliphatic rings. The summed E-state index contributed by atoms with van der Waals surface area (Å²) >= 11 is 1.24. The third-order valence-electron chi connectivity index (χ3n) is 2.01. The lowest BCUT2D eigenvalue weighted by Gasteiger charge is -2.06. The average Bonchev–Trinajstić information content (AvgIpc) is 2.35. The Morgan fingerprint density at radius 2 is 2.16 bits per heavy atom. The van der Waals surface area contributed by atoms with Crippen LogP contribution < -0.4 is 11.1 Å². The molecule has 0 saturated heterocycles. The second-order valence-corrected chi connectivity index (χ2v) is 4.63. The van der Waals surface area contributed by atoms with Gasteiger partial charge in [-0.15, -0.1) is 0 Å². The molecule has 1 aromatic heterocycles. The number of primary amides is 1. The lowest BCUT2D eigenvalue weighted by molar-refractivity contribution is -0.116. The van der Waals surface area contributed by atoms with Gasteiger partial charge in [-0.3, -0.25) is 9.59 Å². The third-order valence-corrected chi connectivity index (χ3v) is 3.00. The van der Waals surface area contributed by atoms with Gasteiger partial charge >= 0.3 is 5.97 Å². The molecule has 7 nitrogen and oxygen atoms in total. The molecule has 2 amide bonds. The first-order valence-corrected chi connectivity index (χ1v) is 6.50. The molecular formula is C11H13N3O4S. The molecule has 0 fully saturated rings. The SMILES string of the molecule is NC(=O)CSCCC(=O)Nc1ncccc1C(=O)O. The smallest absolute Gasteiger partial charge is 0.339 e. The lowest BCUT2D eigenvalue weighted by atomic mass is 10.2. The highest BCUT2D eigenvalue weighted by molar-refractivity contribution is 7.99. The van der Waals surface area contributed by atoms with Gasteiger partial charge in [0.05, 0.1) is 5.75 Å². The van der Waals surface area contributed by atoms with Crippen molar-refractivity contribution < 1.29 is 19.5 Å². The highest BCUT2D eigenvalue weighted by atomic mass is 32.2. The van der Waals surface area contributed by atoms with E-state index in [-0.39, 0.29) is 29.5 Å². The van der Waals surface area contributed by atoms with Crippen LogP contribution >= 0.6 is 11.8 Å². The van der Waals surface area contributed by atoms with Gasteiger partial charge in [-0.25, -0.2) is 9.78 Å². The van der Waals surface area contributed by atoms with Gasteiger partial charge in [0.25, 0.3) is 0 Å². The number of nitrogens with two attached hydrogens (primary N) is 1. The molecule has 0 atom stereocenters. The normalized spacial score (nSPS) is 9.89. The van der Waals surface area contributed by atoms with Crippen LogP contribution in [0.1, 0.15) is 16.8 Å². The molecule has 8 heteroatoms. The van der Waals surface area contributed by atoms with E-state index in [4.69, 9.17) is 10.8 Å². The van der Waals surface area contributed by atoms with Crippen LogP contribution in [-0.2, 0) is 9.59 Å². The number of carbonyl (C=O) groups is 3. The van der Waals surface area contributed by atoms with Crippen molar-refractivity contribution in [1.29, 1.82) is 0 Å². The maximum Gasteiger partial charge on any atom is 0.339 e. The van der Waals surface area contributed by atoms with Crippen LogP contribution in [0, 0.1) is 0 Å². The maximum absolute atomic E-state index is 11.6. The van der Waals surface area contributed by atoms with E-state index >= 15 is 0 Å². The highest BCUT2D eigenvalue weighted by Gasteiger charge is 2.12. The highest BCUT2D eigenvalue weighted by Crippen LogP contribution is 2.12. The number of anilines is 1. The minimum atomic E-state index is -1.16. The Balaban J connectivity index is 2.48. The molecule has 102 valence electrons. The maximum atomic E-state index is 11.6. The first kappa shape index (κ1) is 15.0. The Hall–Kier alpha value is -2.09. The molecule has 1 rings (SSSR count). The number of thioether (sulfide) groups is 1. The Morgan fingerprint density at radius 3 is 2.79 bits per heavy atom. The van der Waals surface area contributed by atoms with E-state index in [0.29, 0.717) is 5.75 Å². The number of pyridine rings is 1. The van der Waals surface area contributed by atoms with Crippen LogP contribution in [0.5, 0.6) is 0 Å². The van der Waals surface area contributed by atoms with Crippen LogP contribution in [-0.4, -0.2) is 39.4 Å². The molecule has 0 unspecified atom stereocenters. The topological polar surface area (TPSA) is 122 Å². The number of carbonyl (C=O) groups excluding carboxylic acids is 2. The van der Waals surface area contributed by atoms with E-state index in [9.17, 15) is 14.4 Å². The first-order chi connectivity index (χ1) is 9.00. The van der Waals surface area contributed by atoms with Crippen LogP contribution in [0.15, 0.2) is 18.3 Å². The number of hydrogen-bond acceptors (Lipinski definition) is 5. The second kappa shape index (κ2) is 7.37. The fraction of sp³-hybridized carbons (Fsp3) is 0.273. The molecular weight excluding hydrogens is 270 g/mol. The Morgan fingerprint density at radius 1 is 1.42 bits per heavy atom. The molecule has 1 aromatic rings. The number of aromatic carboxylic acids is 1. The number of nitrogens with zero attached hydrogens (tertiary/aromatic N) is 1. The van der Waals surface area contributed by atoms with E-state index in [1.54, 1.807) is 0 Å². The largest absolute Gasteiger partial charge is 0.478 e. The van der Waals surface area contributed by atoms with Gasteiger partial charge in [0.2, 0.25) is 11.8 Å². The van der Waals surface area contributed by atoms with Gasteiger partial charge in [-0.05, 0) is 12.1 Å². The number of nitrogens with one attached hydrogen (secondary N) is 1. The lowest BCUT2D eigenvalue weighted by Crippen LogP contribution is -2.17. The van der Waals surface area contributed by atoms with E-state index < -0.39 is 11.9 Å². The summed E-state index contributed by atoms with van der Waals surface area (Å²) in [6, 6.07) is 2.83. The minimum Gasteiger partial charge on any atom is -0.478 e. The van der Waals surface area contributed by atoms with Gasteiger partial charge in [0.15, 0.2) is 0 Å². The second-order valence-electron chi connectivity index (χ2n) is 3.52. The van der Waals surface area contributed by atoms with Crippen molar-refractivity contribution in [2.45, 2.75) is 6.42 Å². The Labute approximate surface area is 113 Å². The quantitative estimate of drug-likeness (QED) is 0.620. The standard InChI is InChI=1S/C11H13N3O4S/c12-8(15)6-19-5-3-9(16)14-10-7(11(17)18)2-1-4-13-10/h1-2,4H,3,5-6H2,(H2,12,15)(H,17,18)(H,13,14,16). The van der Waals surface area contributed by atoms with Crippen LogP contribution in [0.3, 0.4) is 0 Å². The van der Waals surface area contributed by atoms with Gasteiger partial charge in [0, 0.05) is 18.4 Å². The number of amides is 2. The minimum absolute atomic E-state index is 0.0138. The zero-order valence-electron chi connectivity index (χ0n) is 9.96. The number of carboxylic acid groups (broad SMARTS) is 1. The summed E-state index contributed by atoms with van der Waals surface area (Å²) in [7, 11) is 0. The summed E-state index contributed by atoms with van der Waals surface area (Å²) in [6.07, 6.45) is 1.54. The Bertz CT molecular complexity index is 493. The molecule has 1 heterocycles. The van der Waals surface area contributed by atoms with Crippen molar-refractivity contribution in [1.82, 2.24) is 4.98 Å². The number of rotatable bonds is 7. The monoisotopic (exact) mass is 283 g/mol. The average molecular weight is 283 g/mol. The molecule has 0 radical (unpaired) electrons. The van der Waals surface area contributed by atoms with Gasteiger partial charge in [-0.1, -0.05) is 0 Å². The van der Waals surface area contributed by atoms with Crippen molar-refractivity contribution in [3.8, 4) is 0 Å². The zero-order valence-corrected chi connectivity index (χ0v) is 10.8. The summed E-state index contributed by atoms with van der Waals surface area (Å²) in [5, 5.41) is 11.3. The molecule has 0 bridgehead atoms. The van der Waals surface area contributed by atoms with E-state index in [1.165, 1.54) is 30.1 Å². The zero-order chi connectivity index (χ0) is 14.3. The molecule has 0 aromatic carbocycles. The molecule has 19 heavy (non-hydrogen) atoms. The van der Waals surface area contributed by atoms with Gasteiger partial charge < -0.3 is 16.2 Å². The van der Waals surface area contributed by atoms with E-state index in [2.05, 4.69) is 10.3 Å². The first-order valence-electron chi connectivity index (χ1n) is 5.35. The fourth-order valence-corrected chi connectivity index (χ4v) is 1.88. The number of carboxylic acids is 1. The van der Waals surface area contributed by atoms with Crippen molar-refractivity contribution in [3.05, 3.63) is 23.9 Å². The number of aromatic nitrogens is 1. The molecule has 4 N–H and O–H groups in total. The molecule has 0 spiro atoms. The summed E-state index contributed by atoms with van der Waals surface area (Å²) < 4.78 is 0. The van der Waals surface area contributed by atoms with Crippen LogP contribution in [0.4, 0.5) is 5.82 Å². The van der Waals surface area contributed by atoms with Crippen molar-refractivity contribution >= 4 is 35.4 Å². The predicted octanol–water partition coefficient (Wildman–Crippen LogP) is 0.327. The third kappa shape index (κ3) is 5.38. The van der Waals surface area contributed by atoms with E-state index in [1.807, 2.05) is 0 Å². The van der Waals surface area contributed by atoms with Gasteiger partial charge in [-0.2, -0.15) is 11.8 Å². The summed E-state index contributed by atoms with van der Waals surface area (Å²) in [5.74, 6) is -1.38. The number of hydrogen-bond donors (Lipinski definition) is 3. The summed E-state index contributed by atoms with van der Waals surface area (Å²) in [4.78, 5) is 36.7. The molecule has 0 aliphatic heterocycles. The van der Waals surface area contributed by atoms with Crippen molar-refractivity contribution in [2.24, 2.45) is 5.73 Å². The Kier molecular flexibility index (Phi) is 5.80. The molecule has 0 saturated carbocycles. The molecule has 0 aliphatic carbocycles. The van der Waals surface area contributed by atoms with Gasteiger partial charge in [0.1, 0.15) is 11.4 Å². The van der Waals surface area contributed by atoms with E-state index in [0.717, 1.165) is 0 Å². The predicted molar refractivity (Wildman–Crippen MR) is 71.0 cm³/mol.